The number of hydrogen-bond donors (Lipinski definition) is 2. The predicted octanol–water partition coefficient (Wildman–Crippen LogP) is 2.75. The lowest BCUT2D eigenvalue weighted by atomic mass is 10.2. The summed E-state index contributed by atoms with van der Waals surface area (Å²) in [5, 5.41) is 10.3. The molecule has 0 aliphatic heterocycles. The van der Waals surface area contributed by atoms with Gasteiger partial charge in [0.1, 0.15) is 0 Å². The fourth-order valence-corrected chi connectivity index (χ4v) is 1.29. The van der Waals surface area contributed by atoms with E-state index in [4.69, 9.17) is 11.5 Å². The van der Waals surface area contributed by atoms with Gasteiger partial charge in [0.2, 0.25) is 0 Å². The van der Waals surface area contributed by atoms with Gasteiger partial charge in [-0.1, -0.05) is 24.3 Å². The van der Waals surface area contributed by atoms with Crippen LogP contribution < -0.4 is 11.5 Å². The van der Waals surface area contributed by atoms with E-state index in [2.05, 4.69) is 0 Å². The summed E-state index contributed by atoms with van der Waals surface area (Å²) >= 11 is 0. The highest BCUT2D eigenvalue weighted by molar-refractivity contribution is 5.56. The number of benzene rings is 2. The summed E-state index contributed by atoms with van der Waals surface area (Å²) in [4.78, 5) is 9.89. The lowest BCUT2D eigenvalue weighted by molar-refractivity contribution is -0.385. The van der Waals surface area contributed by atoms with E-state index in [0.717, 1.165) is 5.69 Å². The van der Waals surface area contributed by atoms with Gasteiger partial charge in [0, 0.05) is 23.0 Å². The SMILES string of the molecule is Cc1c(N)cccc1[N+](=O)[O-].Nc1ccccc1. The number of nitro groups is 1. The van der Waals surface area contributed by atoms with Crippen LogP contribution in [0.4, 0.5) is 17.1 Å². The van der Waals surface area contributed by atoms with Crippen molar-refractivity contribution in [2.75, 3.05) is 11.5 Å². The summed E-state index contributed by atoms with van der Waals surface area (Å²) in [6.45, 7) is 1.63. The Morgan fingerprint density at radius 2 is 1.61 bits per heavy atom. The molecular weight excluding hydrogens is 230 g/mol. The van der Waals surface area contributed by atoms with Crippen molar-refractivity contribution in [1.82, 2.24) is 0 Å². The fourth-order valence-electron chi connectivity index (χ4n) is 1.29. The predicted molar refractivity (Wildman–Crippen MR) is 73.1 cm³/mol. The zero-order chi connectivity index (χ0) is 13.5. The Morgan fingerprint density at radius 1 is 1.00 bits per heavy atom. The molecule has 94 valence electrons. The van der Waals surface area contributed by atoms with Crippen LogP contribution in [-0.4, -0.2) is 4.92 Å². The van der Waals surface area contributed by atoms with Crippen LogP contribution in [0.25, 0.3) is 0 Å². The van der Waals surface area contributed by atoms with E-state index in [1.165, 1.54) is 6.07 Å². The largest absolute Gasteiger partial charge is 0.399 e. The Kier molecular flexibility index (Phi) is 4.68. The molecule has 5 heteroatoms. The van der Waals surface area contributed by atoms with E-state index in [1.807, 2.05) is 30.3 Å². The minimum atomic E-state index is -0.439. The van der Waals surface area contributed by atoms with Crippen LogP contribution in [0.3, 0.4) is 0 Å². The van der Waals surface area contributed by atoms with Crippen LogP contribution in [0.2, 0.25) is 0 Å². The number of nitrogens with zero attached hydrogens (tertiary/aromatic N) is 1. The molecule has 0 radical (unpaired) electrons. The third kappa shape index (κ3) is 3.79. The molecule has 0 fully saturated rings. The van der Waals surface area contributed by atoms with Crippen molar-refractivity contribution in [2.24, 2.45) is 0 Å². The van der Waals surface area contributed by atoms with Crippen LogP contribution in [0, 0.1) is 17.0 Å². The van der Waals surface area contributed by atoms with Gasteiger partial charge in [0.25, 0.3) is 5.69 Å². The average molecular weight is 245 g/mol. The third-order valence-electron chi connectivity index (χ3n) is 2.34. The number of rotatable bonds is 1. The Bertz CT molecular complexity index is 527. The number of nitrogen functional groups attached to an aromatic ring is 2. The highest BCUT2D eigenvalue weighted by Gasteiger charge is 2.10. The van der Waals surface area contributed by atoms with Crippen molar-refractivity contribution in [3.63, 3.8) is 0 Å². The first-order valence-corrected chi connectivity index (χ1v) is 5.32. The number of para-hydroxylation sites is 1. The number of nitro benzene ring substituents is 1. The standard InChI is InChI=1S/C7H8N2O2.C6H7N/c1-5-6(8)3-2-4-7(5)9(10)11;7-6-4-2-1-3-5-6/h2-4H,8H2,1H3;1-5H,7H2. The molecule has 0 unspecified atom stereocenters. The molecule has 0 saturated carbocycles. The molecule has 0 saturated heterocycles. The van der Waals surface area contributed by atoms with Crippen molar-refractivity contribution >= 4 is 17.1 Å². The van der Waals surface area contributed by atoms with Gasteiger partial charge in [-0.25, -0.2) is 0 Å². The molecule has 0 amide bonds. The van der Waals surface area contributed by atoms with E-state index >= 15 is 0 Å². The van der Waals surface area contributed by atoms with Crippen molar-refractivity contribution in [3.05, 3.63) is 64.2 Å². The van der Waals surface area contributed by atoms with Crippen molar-refractivity contribution < 1.29 is 4.92 Å². The summed E-state index contributed by atoms with van der Waals surface area (Å²) in [6, 6.07) is 14.1. The maximum absolute atomic E-state index is 10.3. The molecule has 4 N–H and O–H groups in total. The third-order valence-corrected chi connectivity index (χ3v) is 2.34. The molecule has 18 heavy (non-hydrogen) atoms. The lowest BCUT2D eigenvalue weighted by Gasteiger charge is -1.98. The zero-order valence-corrected chi connectivity index (χ0v) is 10.0. The van der Waals surface area contributed by atoms with Gasteiger partial charge in [-0.2, -0.15) is 0 Å². The van der Waals surface area contributed by atoms with Gasteiger partial charge in [-0.15, -0.1) is 0 Å². The van der Waals surface area contributed by atoms with Gasteiger partial charge in [0.05, 0.1) is 4.92 Å². The van der Waals surface area contributed by atoms with Gasteiger partial charge in [-0.05, 0) is 25.1 Å². The fraction of sp³-hybridized carbons (Fsp3) is 0.0769. The average Bonchev–Trinajstić information content (AvgIpc) is 2.34. The second-order valence-electron chi connectivity index (χ2n) is 3.66. The summed E-state index contributed by atoms with van der Waals surface area (Å²) in [6.07, 6.45) is 0. The quantitative estimate of drug-likeness (QED) is 0.458. The maximum Gasteiger partial charge on any atom is 0.274 e. The van der Waals surface area contributed by atoms with E-state index < -0.39 is 4.92 Å². The minimum Gasteiger partial charge on any atom is -0.399 e. The van der Waals surface area contributed by atoms with Crippen molar-refractivity contribution in [1.29, 1.82) is 0 Å². The highest BCUT2D eigenvalue weighted by atomic mass is 16.6. The smallest absolute Gasteiger partial charge is 0.274 e. The second-order valence-corrected chi connectivity index (χ2v) is 3.66. The molecule has 2 aromatic carbocycles. The Morgan fingerprint density at radius 3 is 2.00 bits per heavy atom. The van der Waals surface area contributed by atoms with Gasteiger partial charge in [-0.3, -0.25) is 10.1 Å². The van der Waals surface area contributed by atoms with Crippen molar-refractivity contribution in [3.8, 4) is 0 Å². The molecule has 0 heterocycles. The normalized spacial score (nSPS) is 9.17. The summed E-state index contributed by atoms with van der Waals surface area (Å²) < 4.78 is 0. The Labute approximate surface area is 105 Å². The van der Waals surface area contributed by atoms with E-state index in [0.29, 0.717) is 11.3 Å². The first-order chi connectivity index (χ1) is 8.52. The van der Waals surface area contributed by atoms with Gasteiger partial charge >= 0.3 is 0 Å². The zero-order valence-electron chi connectivity index (χ0n) is 10.0. The topological polar surface area (TPSA) is 95.2 Å². The lowest BCUT2D eigenvalue weighted by Crippen LogP contribution is -1.95. The molecular formula is C13H15N3O2. The van der Waals surface area contributed by atoms with Crippen LogP contribution in [0.15, 0.2) is 48.5 Å². The Hall–Kier alpha value is -2.56. The number of hydrogen-bond acceptors (Lipinski definition) is 4. The molecule has 0 aliphatic rings. The van der Waals surface area contributed by atoms with Crippen LogP contribution in [-0.2, 0) is 0 Å². The maximum atomic E-state index is 10.3. The molecule has 0 atom stereocenters. The molecule has 2 rings (SSSR count). The van der Waals surface area contributed by atoms with Gasteiger partial charge < -0.3 is 11.5 Å². The molecule has 2 aromatic rings. The van der Waals surface area contributed by atoms with Crippen LogP contribution in [0.1, 0.15) is 5.56 Å². The van der Waals surface area contributed by atoms with Gasteiger partial charge in [0.15, 0.2) is 0 Å². The number of nitrogens with two attached hydrogens (primary N) is 2. The molecule has 0 aromatic heterocycles. The van der Waals surface area contributed by atoms with E-state index in [-0.39, 0.29) is 5.69 Å². The second kappa shape index (κ2) is 6.24. The monoisotopic (exact) mass is 245 g/mol. The first-order valence-electron chi connectivity index (χ1n) is 5.32. The van der Waals surface area contributed by atoms with Crippen LogP contribution in [0.5, 0.6) is 0 Å². The van der Waals surface area contributed by atoms with Crippen LogP contribution >= 0.6 is 0 Å². The van der Waals surface area contributed by atoms with Crippen molar-refractivity contribution in [2.45, 2.75) is 6.92 Å². The van der Waals surface area contributed by atoms with E-state index in [9.17, 15) is 10.1 Å². The summed E-state index contributed by atoms with van der Waals surface area (Å²) in [5.74, 6) is 0. The minimum absolute atomic E-state index is 0.0741. The molecule has 0 spiro atoms. The summed E-state index contributed by atoms with van der Waals surface area (Å²) in [7, 11) is 0. The molecule has 0 bridgehead atoms. The Balaban J connectivity index is 0.000000199. The first kappa shape index (κ1) is 13.5. The van der Waals surface area contributed by atoms with E-state index in [1.54, 1.807) is 19.1 Å². The molecule has 5 nitrogen and oxygen atoms in total. The highest BCUT2D eigenvalue weighted by Crippen LogP contribution is 2.21. The molecule has 0 aliphatic carbocycles. The summed E-state index contributed by atoms with van der Waals surface area (Å²) in [5.41, 5.74) is 12.7. The number of anilines is 2.